The molecule has 0 aliphatic rings. The van der Waals surface area contributed by atoms with Gasteiger partial charge in [0.05, 0.1) is 6.61 Å². The molecule has 0 rings (SSSR count). The van der Waals surface area contributed by atoms with E-state index in [1.165, 1.54) is 6.92 Å². The first-order valence-electron chi connectivity index (χ1n) is 4.73. The predicted octanol–water partition coefficient (Wildman–Crippen LogP) is -2.98. The Labute approximate surface area is 96.3 Å². The first-order chi connectivity index (χ1) is 7.84. The van der Waals surface area contributed by atoms with Gasteiger partial charge >= 0.3 is 5.97 Å². The van der Waals surface area contributed by atoms with Crippen molar-refractivity contribution in [3.8, 4) is 0 Å². The molecule has 4 unspecified atom stereocenters. The van der Waals surface area contributed by atoms with E-state index in [1.54, 1.807) is 0 Å². The van der Waals surface area contributed by atoms with Crippen LogP contribution in [-0.2, 0) is 20.0 Å². The summed E-state index contributed by atoms with van der Waals surface area (Å²) in [6.07, 6.45) is -6.38. The Morgan fingerprint density at radius 2 is 1.88 bits per heavy atom. The predicted molar refractivity (Wildman–Crippen MR) is 48.2 cm³/mol. The number of hydrogen-bond donors (Lipinski definition) is 5. The Balaban J connectivity index is 4.90. The zero-order valence-electron chi connectivity index (χ0n) is 9.02. The third-order valence-electron chi connectivity index (χ3n) is 2.40. The standard InChI is InChI=1S/C8H15O9/c1-2-8(14,7(13)16-17-15)6(12)5(11)4(10)3-9/h4-6,9-12,14H,2-3H2,1H3. The monoisotopic (exact) mass is 255 g/mol. The molecule has 0 spiro atoms. The van der Waals surface area contributed by atoms with E-state index in [-0.39, 0.29) is 0 Å². The first-order valence-corrected chi connectivity index (χ1v) is 4.73. The molecular weight excluding hydrogens is 240 g/mol. The second-order valence-electron chi connectivity index (χ2n) is 3.40. The normalized spacial score (nSPS) is 20.2. The fourth-order valence-electron chi connectivity index (χ4n) is 1.18. The summed E-state index contributed by atoms with van der Waals surface area (Å²) in [4.78, 5) is 14.7. The van der Waals surface area contributed by atoms with Gasteiger partial charge in [-0.05, 0) is 6.42 Å². The number of aliphatic hydroxyl groups excluding tert-OH is 4. The lowest BCUT2D eigenvalue weighted by Crippen LogP contribution is -2.58. The van der Waals surface area contributed by atoms with Crippen molar-refractivity contribution in [2.75, 3.05) is 6.61 Å². The van der Waals surface area contributed by atoms with E-state index in [9.17, 15) is 25.4 Å². The SMILES string of the molecule is CCC(O)(C(=O)OO[O])C(O)C(O)C(O)CO. The van der Waals surface area contributed by atoms with Crippen molar-refractivity contribution in [2.45, 2.75) is 37.3 Å². The van der Waals surface area contributed by atoms with Crippen LogP contribution in [0.4, 0.5) is 0 Å². The Morgan fingerprint density at radius 1 is 1.35 bits per heavy atom. The van der Waals surface area contributed by atoms with Gasteiger partial charge in [-0.15, -0.1) is 0 Å². The molecule has 0 aromatic carbocycles. The van der Waals surface area contributed by atoms with E-state index >= 15 is 0 Å². The van der Waals surface area contributed by atoms with Crippen LogP contribution in [0, 0.1) is 0 Å². The third kappa shape index (κ3) is 3.57. The van der Waals surface area contributed by atoms with Crippen LogP contribution in [0.2, 0.25) is 0 Å². The van der Waals surface area contributed by atoms with Crippen LogP contribution in [0.25, 0.3) is 0 Å². The van der Waals surface area contributed by atoms with Gasteiger partial charge in [0.15, 0.2) is 5.60 Å². The van der Waals surface area contributed by atoms with Crippen molar-refractivity contribution in [3.05, 3.63) is 0 Å². The molecule has 0 aromatic heterocycles. The Morgan fingerprint density at radius 3 is 2.24 bits per heavy atom. The average molecular weight is 255 g/mol. The summed E-state index contributed by atoms with van der Waals surface area (Å²) in [6.45, 7) is 0.360. The van der Waals surface area contributed by atoms with Gasteiger partial charge in [0, 0.05) is 10.3 Å². The zero-order chi connectivity index (χ0) is 13.6. The minimum Gasteiger partial charge on any atom is -0.394 e. The summed E-state index contributed by atoms with van der Waals surface area (Å²) in [5, 5.41) is 58.5. The van der Waals surface area contributed by atoms with E-state index < -0.39 is 42.9 Å². The summed E-state index contributed by atoms with van der Waals surface area (Å²) in [6, 6.07) is 0. The maximum atomic E-state index is 11.1. The molecular formula is C8H15O9. The van der Waals surface area contributed by atoms with Crippen LogP contribution < -0.4 is 0 Å². The van der Waals surface area contributed by atoms with Crippen molar-refractivity contribution in [1.82, 2.24) is 0 Å². The smallest absolute Gasteiger partial charge is 0.379 e. The second kappa shape index (κ2) is 6.81. The highest BCUT2D eigenvalue weighted by atomic mass is 17.5. The molecule has 17 heavy (non-hydrogen) atoms. The molecule has 0 bridgehead atoms. The average Bonchev–Trinajstić information content (AvgIpc) is 2.35. The van der Waals surface area contributed by atoms with Crippen LogP contribution in [0.3, 0.4) is 0 Å². The minimum absolute atomic E-state index is 0.425. The molecule has 1 radical (unpaired) electrons. The molecule has 9 heteroatoms. The Hall–Kier alpha value is -0.810. The van der Waals surface area contributed by atoms with Gasteiger partial charge < -0.3 is 25.5 Å². The summed E-state index contributed by atoms with van der Waals surface area (Å²) in [5.74, 6) is -1.62. The summed E-state index contributed by atoms with van der Waals surface area (Å²) in [5.41, 5.74) is -2.64. The number of hydrogen-bond acceptors (Lipinski definition) is 8. The quantitative estimate of drug-likeness (QED) is 0.238. The van der Waals surface area contributed by atoms with Gasteiger partial charge in [-0.25, -0.2) is 4.79 Å². The molecule has 0 amide bonds. The lowest BCUT2D eigenvalue weighted by Gasteiger charge is -2.32. The van der Waals surface area contributed by atoms with Gasteiger partial charge in [0.1, 0.15) is 18.3 Å². The van der Waals surface area contributed by atoms with Crippen LogP contribution in [0.1, 0.15) is 13.3 Å². The molecule has 0 saturated carbocycles. The molecule has 0 aliphatic heterocycles. The molecule has 0 fully saturated rings. The zero-order valence-corrected chi connectivity index (χ0v) is 9.02. The number of carbonyl (C=O) groups excluding carboxylic acids is 1. The Bertz CT molecular complexity index is 245. The van der Waals surface area contributed by atoms with Crippen LogP contribution >= 0.6 is 0 Å². The highest BCUT2D eigenvalue weighted by molar-refractivity contribution is 5.79. The van der Waals surface area contributed by atoms with Crippen molar-refractivity contribution < 1.29 is 45.5 Å². The van der Waals surface area contributed by atoms with Crippen LogP contribution in [0.5, 0.6) is 0 Å². The molecule has 0 aromatic rings. The number of aliphatic hydroxyl groups is 5. The molecule has 0 heterocycles. The molecule has 9 nitrogen and oxygen atoms in total. The lowest BCUT2D eigenvalue weighted by atomic mass is 9.88. The molecule has 101 valence electrons. The van der Waals surface area contributed by atoms with Gasteiger partial charge in [-0.2, -0.15) is 0 Å². The summed E-state index contributed by atoms with van der Waals surface area (Å²) < 4.78 is 0. The van der Waals surface area contributed by atoms with Gasteiger partial charge in [-0.1, -0.05) is 6.92 Å². The van der Waals surface area contributed by atoms with E-state index in [2.05, 4.69) is 9.93 Å². The van der Waals surface area contributed by atoms with Crippen molar-refractivity contribution in [3.63, 3.8) is 0 Å². The van der Waals surface area contributed by atoms with Crippen molar-refractivity contribution in [1.29, 1.82) is 0 Å². The summed E-state index contributed by atoms with van der Waals surface area (Å²) >= 11 is 0. The largest absolute Gasteiger partial charge is 0.394 e. The van der Waals surface area contributed by atoms with E-state index in [1.807, 2.05) is 0 Å². The minimum atomic E-state index is -2.64. The first kappa shape index (κ1) is 16.2. The fraction of sp³-hybridized carbons (Fsp3) is 0.875. The van der Waals surface area contributed by atoms with Gasteiger partial charge in [-0.3, -0.25) is 4.89 Å². The van der Waals surface area contributed by atoms with E-state index in [0.29, 0.717) is 0 Å². The highest BCUT2D eigenvalue weighted by Gasteiger charge is 2.49. The topological polar surface area (TPSA) is 157 Å². The molecule has 5 N–H and O–H groups in total. The third-order valence-corrected chi connectivity index (χ3v) is 2.40. The molecule has 0 saturated heterocycles. The fourth-order valence-corrected chi connectivity index (χ4v) is 1.18. The molecule has 0 aliphatic carbocycles. The van der Waals surface area contributed by atoms with Crippen molar-refractivity contribution >= 4 is 5.97 Å². The maximum absolute atomic E-state index is 11.1. The van der Waals surface area contributed by atoms with Gasteiger partial charge in [0.25, 0.3) is 0 Å². The van der Waals surface area contributed by atoms with E-state index in [0.717, 1.165) is 0 Å². The lowest BCUT2D eigenvalue weighted by molar-refractivity contribution is -0.504. The second-order valence-corrected chi connectivity index (χ2v) is 3.40. The van der Waals surface area contributed by atoms with Gasteiger partial charge in [0.2, 0.25) is 0 Å². The number of rotatable bonds is 7. The molecule has 4 atom stereocenters. The highest BCUT2D eigenvalue weighted by Crippen LogP contribution is 2.21. The van der Waals surface area contributed by atoms with E-state index in [4.69, 9.17) is 10.2 Å². The van der Waals surface area contributed by atoms with Crippen LogP contribution in [0.15, 0.2) is 0 Å². The maximum Gasteiger partial charge on any atom is 0.379 e. The van der Waals surface area contributed by atoms with Crippen LogP contribution in [-0.4, -0.2) is 62.0 Å². The number of carbonyl (C=O) groups is 1. The summed E-state index contributed by atoms with van der Waals surface area (Å²) in [7, 11) is 0. The van der Waals surface area contributed by atoms with Crippen molar-refractivity contribution in [2.24, 2.45) is 0 Å². The Kier molecular flexibility index (Phi) is 6.49.